The van der Waals surface area contributed by atoms with Gasteiger partial charge in [0.2, 0.25) is 5.91 Å². The van der Waals surface area contributed by atoms with Crippen molar-refractivity contribution in [1.82, 2.24) is 5.32 Å². The van der Waals surface area contributed by atoms with Crippen molar-refractivity contribution in [2.24, 2.45) is 17.1 Å². The molecule has 2 saturated carbocycles. The number of hydrogen-bond acceptors (Lipinski definition) is 3. The predicted molar refractivity (Wildman–Crippen MR) is 66.5 cm³/mol. The van der Waals surface area contributed by atoms with E-state index >= 15 is 0 Å². The Labute approximate surface area is 103 Å². The van der Waals surface area contributed by atoms with E-state index in [0.717, 1.165) is 32.1 Å². The van der Waals surface area contributed by atoms with Crippen LogP contribution in [0, 0.1) is 11.3 Å². The van der Waals surface area contributed by atoms with Crippen molar-refractivity contribution in [2.45, 2.75) is 51.2 Å². The van der Waals surface area contributed by atoms with Crippen LogP contribution in [0.3, 0.4) is 0 Å². The molecule has 17 heavy (non-hydrogen) atoms. The minimum atomic E-state index is -0.273. The van der Waals surface area contributed by atoms with E-state index in [0.29, 0.717) is 18.6 Å². The van der Waals surface area contributed by atoms with Gasteiger partial charge in [-0.2, -0.15) is 0 Å². The van der Waals surface area contributed by atoms with Crippen LogP contribution in [-0.4, -0.2) is 31.7 Å². The van der Waals surface area contributed by atoms with Crippen LogP contribution in [0.1, 0.15) is 39.0 Å². The molecular weight excluding hydrogens is 216 g/mol. The molecule has 4 heteroatoms. The normalized spacial score (nSPS) is 41.0. The lowest BCUT2D eigenvalue weighted by Gasteiger charge is -2.44. The highest BCUT2D eigenvalue weighted by molar-refractivity contribution is 5.84. The first-order valence-corrected chi connectivity index (χ1v) is 6.63. The molecular formula is C13H24N2O2. The maximum absolute atomic E-state index is 12.2. The standard InChI is InChI=1S/C13H24N2O2/c1-9-6-13(7-9,8-14)12(16)15-10-3-4-11(5-10)17-2/h9-11H,3-8,14H2,1-2H3,(H,15,16). The average molecular weight is 240 g/mol. The third-order valence-electron chi connectivity index (χ3n) is 4.40. The van der Waals surface area contributed by atoms with Gasteiger partial charge in [-0.3, -0.25) is 4.79 Å². The lowest BCUT2D eigenvalue weighted by Crippen LogP contribution is -2.55. The Morgan fingerprint density at radius 1 is 1.47 bits per heavy atom. The summed E-state index contributed by atoms with van der Waals surface area (Å²) in [6, 6.07) is 0.284. The van der Waals surface area contributed by atoms with E-state index in [-0.39, 0.29) is 17.4 Å². The Morgan fingerprint density at radius 3 is 2.65 bits per heavy atom. The van der Waals surface area contributed by atoms with Crippen molar-refractivity contribution in [3.05, 3.63) is 0 Å². The molecule has 0 aliphatic heterocycles. The van der Waals surface area contributed by atoms with E-state index in [4.69, 9.17) is 10.5 Å². The summed E-state index contributed by atoms with van der Waals surface area (Å²) in [4.78, 5) is 12.2. The van der Waals surface area contributed by atoms with Crippen molar-refractivity contribution in [2.75, 3.05) is 13.7 Å². The van der Waals surface area contributed by atoms with Crippen molar-refractivity contribution >= 4 is 5.91 Å². The third-order valence-corrected chi connectivity index (χ3v) is 4.40. The molecule has 2 fully saturated rings. The van der Waals surface area contributed by atoms with Crippen LogP contribution in [-0.2, 0) is 9.53 Å². The first-order chi connectivity index (χ1) is 8.09. The first-order valence-electron chi connectivity index (χ1n) is 6.63. The third kappa shape index (κ3) is 2.47. The van der Waals surface area contributed by atoms with Crippen molar-refractivity contribution < 1.29 is 9.53 Å². The summed E-state index contributed by atoms with van der Waals surface area (Å²) in [6.07, 6.45) is 5.21. The molecule has 0 heterocycles. The lowest BCUT2D eigenvalue weighted by molar-refractivity contribution is -0.138. The van der Waals surface area contributed by atoms with Crippen LogP contribution >= 0.6 is 0 Å². The average Bonchev–Trinajstić information content (AvgIpc) is 2.72. The number of nitrogens with one attached hydrogen (secondary N) is 1. The Balaban J connectivity index is 1.85. The number of amides is 1. The number of methoxy groups -OCH3 is 1. The van der Waals surface area contributed by atoms with Gasteiger partial charge >= 0.3 is 0 Å². The summed E-state index contributed by atoms with van der Waals surface area (Å²) in [6.45, 7) is 2.65. The van der Waals surface area contributed by atoms with Crippen LogP contribution in [0.4, 0.5) is 0 Å². The molecule has 0 spiro atoms. The molecule has 2 unspecified atom stereocenters. The quantitative estimate of drug-likeness (QED) is 0.772. The first kappa shape index (κ1) is 12.8. The Morgan fingerprint density at radius 2 is 2.18 bits per heavy atom. The molecule has 2 rings (SSSR count). The van der Waals surface area contributed by atoms with Crippen LogP contribution in [0.5, 0.6) is 0 Å². The number of ether oxygens (including phenoxy) is 1. The molecule has 0 bridgehead atoms. The summed E-state index contributed by atoms with van der Waals surface area (Å²) in [5.74, 6) is 0.805. The highest BCUT2D eigenvalue weighted by Gasteiger charge is 2.47. The molecule has 2 atom stereocenters. The molecule has 98 valence electrons. The zero-order chi connectivity index (χ0) is 12.5. The van der Waals surface area contributed by atoms with E-state index < -0.39 is 0 Å². The van der Waals surface area contributed by atoms with Gasteiger partial charge in [0.15, 0.2) is 0 Å². The summed E-state index contributed by atoms with van der Waals surface area (Å²) in [7, 11) is 1.74. The fraction of sp³-hybridized carbons (Fsp3) is 0.923. The summed E-state index contributed by atoms with van der Waals surface area (Å²) < 4.78 is 5.32. The minimum absolute atomic E-state index is 0.167. The molecule has 2 aliphatic carbocycles. The molecule has 3 N–H and O–H groups in total. The largest absolute Gasteiger partial charge is 0.381 e. The highest BCUT2D eigenvalue weighted by Crippen LogP contribution is 2.45. The summed E-state index contributed by atoms with van der Waals surface area (Å²) >= 11 is 0. The molecule has 0 aromatic carbocycles. The maximum Gasteiger partial charge on any atom is 0.227 e. The number of carbonyl (C=O) groups is 1. The number of carbonyl (C=O) groups excluding carboxylic acids is 1. The van der Waals surface area contributed by atoms with Gasteiger partial charge in [-0.15, -0.1) is 0 Å². The van der Waals surface area contributed by atoms with Crippen LogP contribution in [0.25, 0.3) is 0 Å². The Bertz CT molecular complexity index is 287. The second-order valence-corrected chi connectivity index (χ2v) is 5.84. The number of hydrogen-bond donors (Lipinski definition) is 2. The monoisotopic (exact) mass is 240 g/mol. The molecule has 0 radical (unpaired) electrons. The number of nitrogens with two attached hydrogens (primary N) is 1. The smallest absolute Gasteiger partial charge is 0.227 e. The van der Waals surface area contributed by atoms with Gasteiger partial charge in [0.05, 0.1) is 11.5 Å². The van der Waals surface area contributed by atoms with E-state index in [1.54, 1.807) is 7.11 Å². The topological polar surface area (TPSA) is 64.3 Å². The zero-order valence-corrected chi connectivity index (χ0v) is 10.9. The fourth-order valence-corrected chi connectivity index (χ4v) is 3.34. The second-order valence-electron chi connectivity index (χ2n) is 5.84. The van der Waals surface area contributed by atoms with Gasteiger partial charge < -0.3 is 15.8 Å². The molecule has 1 amide bonds. The summed E-state index contributed by atoms with van der Waals surface area (Å²) in [5.41, 5.74) is 5.50. The molecule has 0 saturated heterocycles. The Kier molecular flexibility index (Phi) is 3.73. The van der Waals surface area contributed by atoms with Gasteiger partial charge in [0.1, 0.15) is 0 Å². The molecule has 0 aromatic heterocycles. The van der Waals surface area contributed by atoms with E-state index in [2.05, 4.69) is 12.2 Å². The SMILES string of the molecule is COC1CCC(NC(=O)C2(CN)CC(C)C2)C1. The van der Waals surface area contributed by atoms with Crippen LogP contribution < -0.4 is 11.1 Å². The predicted octanol–water partition coefficient (Wildman–Crippen LogP) is 1.05. The van der Waals surface area contributed by atoms with E-state index in [9.17, 15) is 4.79 Å². The summed E-state index contributed by atoms with van der Waals surface area (Å²) in [5, 5.41) is 3.16. The lowest BCUT2D eigenvalue weighted by atomic mass is 9.62. The van der Waals surface area contributed by atoms with Gasteiger partial charge in [-0.25, -0.2) is 0 Å². The van der Waals surface area contributed by atoms with E-state index in [1.807, 2.05) is 0 Å². The van der Waals surface area contributed by atoms with Gasteiger partial charge in [-0.1, -0.05) is 6.92 Å². The second kappa shape index (κ2) is 4.94. The Hall–Kier alpha value is -0.610. The maximum atomic E-state index is 12.2. The van der Waals surface area contributed by atoms with Crippen molar-refractivity contribution in [3.63, 3.8) is 0 Å². The number of rotatable bonds is 4. The highest BCUT2D eigenvalue weighted by atomic mass is 16.5. The molecule has 4 nitrogen and oxygen atoms in total. The minimum Gasteiger partial charge on any atom is -0.381 e. The van der Waals surface area contributed by atoms with Gasteiger partial charge in [-0.05, 0) is 38.0 Å². The van der Waals surface area contributed by atoms with Crippen LogP contribution in [0.2, 0.25) is 0 Å². The van der Waals surface area contributed by atoms with Crippen LogP contribution in [0.15, 0.2) is 0 Å². The fourth-order valence-electron chi connectivity index (χ4n) is 3.34. The van der Waals surface area contributed by atoms with Crippen molar-refractivity contribution in [3.8, 4) is 0 Å². The molecule has 2 aliphatic rings. The van der Waals surface area contributed by atoms with E-state index in [1.165, 1.54) is 0 Å². The zero-order valence-electron chi connectivity index (χ0n) is 10.9. The molecule has 0 aromatic rings. The van der Waals surface area contributed by atoms with Gasteiger partial charge in [0.25, 0.3) is 0 Å². The van der Waals surface area contributed by atoms with Crippen molar-refractivity contribution in [1.29, 1.82) is 0 Å². The van der Waals surface area contributed by atoms with Gasteiger partial charge in [0, 0.05) is 19.7 Å².